The van der Waals surface area contributed by atoms with Crippen LogP contribution in [0.4, 0.5) is 0 Å². The number of ether oxygens (including phenoxy) is 2. The maximum Gasteiger partial charge on any atom is 0.338 e. The zero-order valence-corrected chi connectivity index (χ0v) is 11.3. The van der Waals surface area contributed by atoms with Crippen LogP contribution in [0.1, 0.15) is 16.2 Å². The topological polar surface area (TPSA) is 78.6 Å². The number of carbonyl (C=O) groups is 1. The Bertz CT molecular complexity index is 770. The molecule has 0 aliphatic carbocycles. The number of esters is 1. The number of carbonyl (C=O) groups excluding carboxylic acids is 1. The molecular formula is C14H12N4O3. The summed E-state index contributed by atoms with van der Waals surface area (Å²) in [7, 11) is 1.34. The average Bonchev–Trinajstić information content (AvgIpc) is 2.95. The number of pyridine rings is 2. The van der Waals surface area contributed by atoms with Gasteiger partial charge in [-0.1, -0.05) is 0 Å². The minimum atomic E-state index is -0.409. The van der Waals surface area contributed by atoms with Gasteiger partial charge in [0.25, 0.3) is 0 Å². The Morgan fingerprint density at radius 1 is 1.33 bits per heavy atom. The van der Waals surface area contributed by atoms with Gasteiger partial charge in [-0.3, -0.25) is 9.38 Å². The first-order valence-electron chi connectivity index (χ1n) is 6.23. The van der Waals surface area contributed by atoms with Crippen molar-refractivity contribution in [1.29, 1.82) is 0 Å². The van der Waals surface area contributed by atoms with E-state index in [0.29, 0.717) is 22.8 Å². The van der Waals surface area contributed by atoms with Gasteiger partial charge in [0, 0.05) is 12.4 Å². The molecule has 3 rings (SSSR count). The molecule has 0 atom stereocenters. The average molecular weight is 284 g/mol. The van der Waals surface area contributed by atoms with E-state index in [0.717, 1.165) is 0 Å². The fourth-order valence-corrected chi connectivity index (χ4v) is 1.86. The molecular weight excluding hydrogens is 272 g/mol. The van der Waals surface area contributed by atoms with Crippen LogP contribution in [0.5, 0.6) is 5.75 Å². The molecule has 0 unspecified atom stereocenters. The number of fused-ring (bicyclic) bond motifs is 1. The van der Waals surface area contributed by atoms with Crippen molar-refractivity contribution in [3.05, 3.63) is 54.2 Å². The Labute approximate surface area is 120 Å². The Hall–Kier alpha value is -2.96. The summed E-state index contributed by atoms with van der Waals surface area (Å²) >= 11 is 0. The van der Waals surface area contributed by atoms with E-state index in [1.54, 1.807) is 41.2 Å². The van der Waals surface area contributed by atoms with Crippen molar-refractivity contribution >= 4 is 11.6 Å². The van der Waals surface area contributed by atoms with Crippen LogP contribution >= 0.6 is 0 Å². The first-order chi connectivity index (χ1) is 10.3. The Morgan fingerprint density at radius 2 is 2.24 bits per heavy atom. The molecule has 0 aliphatic rings. The van der Waals surface area contributed by atoms with Gasteiger partial charge >= 0.3 is 5.97 Å². The van der Waals surface area contributed by atoms with Crippen molar-refractivity contribution in [3.8, 4) is 5.75 Å². The molecule has 0 fully saturated rings. The number of rotatable bonds is 4. The van der Waals surface area contributed by atoms with Crippen LogP contribution in [0.3, 0.4) is 0 Å². The lowest BCUT2D eigenvalue weighted by molar-refractivity contribution is 0.0600. The van der Waals surface area contributed by atoms with Gasteiger partial charge < -0.3 is 9.47 Å². The molecule has 0 saturated carbocycles. The molecule has 7 heteroatoms. The lowest BCUT2D eigenvalue weighted by Crippen LogP contribution is -2.04. The number of methoxy groups -OCH3 is 1. The molecule has 0 spiro atoms. The largest absolute Gasteiger partial charge is 0.484 e. The molecule has 0 bridgehead atoms. The smallest absolute Gasteiger partial charge is 0.338 e. The van der Waals surface area contributed by atoms with Gasteiger partial charge in [-0.25, -0.2) is 4.79 Å². The number of hydrogen-bond donors (Lipinski definition) is 0. The van der Waals surface area contributed by atoms with E-state index in [1.165, 1.54) is 7.11 Å². The minimum absolute atomic E-state index is 0.254. The molecule has 21 heavy (non-hydrogen) atoms. The maximum atomic E-state index is 11.5. The van der Waals surface area contributed by atoms with Crippen LogP contribution in [-0.2, 0) is 11.3 Å². The Kier molecular flexibility index (Phi) is 3.46. The molecule has 0 aromatic carbocycles. The van der Waals surface area contributed by atoms with Gasteiger partial charge in [0.15, 0.2) is 11.5 Å². The number of hydrogen-bond acceptors (Lipinski definition) is 6. The lowest BCUT2D eigenvalue weighted by Gasteiger charge is -2.04. The third-order valence-corrected chi connectivity index (χ3v) is 2.90. The third kappa shape index (κ3) is 2.66. The van der Waals surface area contributed by atoms with Crippen LogP contribution in [-0.4, -0.2) is 32.7 Å². The van der Waals surface area contributed by atoms with Crippen LogP contribution in [0, 0.1) is 0 Å². The lowest BCUT2D eigenvalue weighted by atomic mass is 10.2. The summed E-state index contributed by atoms with van der Waals surface area (Å²) in [5.41, 5.74) is 0.986. The summed E-state index contributed by atoms with van der Waals surface area (Å²) in [4.78, 5) is 15.4. The zero-order chi connectivity index (χ0) is 14.7. The van der Waals surface area contributed by atoms with Crippen molar-refractivity contribution in [1.82, 2.24) is 19.6 Å². The summed E-state index contributed by atoms with van der Waals surface area (Å²) < 4.78 is 12.0. The Balaban J connectivity index is 1.82. The van der Waals surface area contributed by atoms with Crippen molar-refractivity contribution in [2.24, 2.45) is 0 Å². The molecule has 0 saturated heterocycles. The Morgan fingerprint density at radius 3 is 3.00 bits per heavy atom. The van der Waals surface area contributed by atoms with Gasteiger partial charge in [-0.05, 0) is 24.3 Å². The van der Waals surface area contributed by atoms with E-state index in [4.69, 9.17) is 4.74 Å². The molecule has 3 aromatic heterocycles. The molecule has 0 radical (unpaired) electrons. The standard InChI is InChI=1S/C14H12N4O3/c1-20-14(19)10-4-6-18-12(7-10)16-17-13(18)9-21-11-3-2-5-15-8-11/h2-8H,9H2,1H3. The molecule has 0 aliphatic heterocycles. The molecule has 3 aromatic rings. The second-order valence-electron chi connectivity index (χ2n) is 4.23. The van der Waals surface area contributed by atoms with Gasteiger partial charge in [0.1, 0.15) is 12.4 Å². The molecule has 7 nitrogen and oxygen atoms in total. The van der Waals surface area contributed by atoms with E-state index in [2.05, 4.69) is 19.9 Å². The second kappa shape index (κ2) is 5.58. The predicted octanol–water partition coefficient (Wildman–Crippen LogP) is 1.49. The van der Waals surface area contributed by atoms with Crippen LogP contribution in [0.2, 0.25) is 0 Å². The van der Waals surface area contributed by atoms with Gasteiger partial charge in [0.2, 0.25) is 0 Å². The highest BCUT2D eigenvalue weighted by atomic mass is 16.5. The van der Waals surface area contributed by atoms with Crippen molar-refractivity contribution in [3.63, 3.8) is 0 Å². The number of aromatic nitrogens is 4. The normalized spacial score (nSPS) is 10.5. The monoisotopic (exact) mass is 284 g/mol. The summed E-state index contributed by atoms with van der Waals surface area (Å²) in [5, 5.41) is 8.07. The van der Waals surface area contributed by atoms with Crippen molar-refractivity contribution < 1.29 is 14.3 Å². The molecule has 106 valence electrons. The summed E-state index contributed by atoms with van der Waals surface area (Å²) in [6.45, 7) is 0.254. The first kappa shape index (κ1) is 13.0. The van der Waals surface area contributed by atoms with Crippen molar-refractivity contribution in [2.45, 2.75) is 6.61 Å². The summed E-state index contributed by atoms with van der Waals surface area (Å²) in [5.74, 6) is 0.874. The molecule has 3 heterocycles. The van der Waals surface area contributed by atoms with E-state index in [1.807, 2.05) is 6.07 Å². The fourth-order valence-electron chi connectivity index (χ4n) is 1.86. The van der Waals surface area contributed by atoms with Crippen LogP contribution in [0.25, 0.3) is 5.65 Å². The summed E-state index contributed by atoms with van der Waals surface area (Å²) in [6.07, 6.45) is 5.01. The highest BCUT2D eigenvalue weighted by Gasteiger charge is 2.10. The van der Waals surface area contributed by atoms with E-state index < -0.39 is 5.97 Å². The van der Waals surface area contributed by atoms with Crippen LogP contribution < -0.4 is 4.74 Å². The van der Waals surface area contributed by atoms with Gasteiger partial charge in [-0.2, -0.15) is 0 Å². The number of nitrogens with zero attached hydrogens (tertiary/aromatic N) is 4. The first-order valence-corrected chi connectivity index (χ1v) is 6.23. The zero-order valence-electron chi connectivity index (χ0n) is 11.3. The van der Waals surface area contributed by atoms with E-state index in [-0.39, 0.29) is 6.61 Å². The summed E-state index contributed by atoms with van der Waals surface area (Å²) in [6, 6.07) is 6.87. The van der Waals surface area contributed by atoms with Crippen LogP contribution in [0.15, 0.2) is 42.9 Å². The van der Waals surface area contributed by atoms with Gasteiger partial charge in [0.05, 0.1) is 18.9 Å². The van der Waals surface area contributed by atoms with Gasteiger partial charge in [-0.15, -0.1) is 10.2 Å². The predicted molar refractivity (Wildman–Crippen MR) is 72.9 cm³/mol. The second-order valence-corrected chi connectivity index (χ2v) is 4.23. The SMILES string of the molecule is COC(=O)c1ccn2c(COc3cccnc3)nnc2c1. The molecule has 0 N–H and O–H groups in total. The highest BCUT2D eigenvalue weighted by Crippen LogP contribution is 2.12. The van der Waals surface area contributed by atoms with E-state index in [9.17, 15) is 4.79 Å². The quantitative estimate of drug-likeness (QED) is 0.675. The maximum absolute atomic E-state index is 11.5. The fraction of sp³-hybridized carbons (Fsp3) is 0.143. The van der Waals surface area contributed by atoms with E-state index >= 15 is 0 Å². The minimum Gasteiger partial charge on any atom is -0.484 e. The van der Waals surface area contributed by atoms with Crippen molar-refractivity contribution in [2.75, 3.05) is 7.11 Å². The molecule has 0 amide bonds. The highest BCUT2D eigenvalue weighted by molar-refractivity contribution is 5.90. The third-order valence-electron chi connectivity index (χ3n) is 2.90.